The quantitative estimate of drug-likeness (QED) is 0.917. The van der Waals surface area contributed by atoms with Gasteiger partial charge in [-0.1, -0.05) is 22.0 Å². The Kier molecular flexibility index (Phi) is 4.70. The summed E-state index contributed by atoms with van der Waals surface area (Å²) in [7, 11) is 0. The van der Waals surface area contributed by atoms with E-state index in [1.165, 1.54) is 12.1 Å². The van der Waals surface area contributed by atoms with E-state index in [0.717, 1.165) is 5.56 Å². The lowest BCUT2D eigenvalue weighted by Crippen LogP contribution is -2.19. The average Bonchev–Trinajstić information content (AvgIpc) is 2.14. The van der Waals surface area contributed by atoms with Crippen LogP contribution in [0, 0.1) is 5.82 Å². The second-order valence-corrected chi connectivity index (χ2v) is 4.43. The number of hydrogen-bond acceptors (Lipinski definition) is 2. The number of halogens is 2. The first-order valence-electron chi connectivity index (χ1n) is 4.85. The summed E-state index contributed by atoms with van der Waals surface area (Å²) in [6.07, 6.45) is -0.101. The lowest BCUT2D eigenvalue weighted by atomic mass is 10.1. The Bertz CT molecular complexity index is 330. The van der Waals surface area contributed by atoms with E-state index >= 15 is 0 Å². The minimum Gasteiger partial charge on any atom is -0.370 e. The van der Waals surface area contributed by atoms with Crippen molar-refractivity contribution in [2.75, 3.05) is 6.54 Å². The van der Waals surface area contributed by atoms with E-state index in [-0.39, 0.29) is 18.0 Å². The van der Waals surface area contributed by atoms with Gasteiger partial charge < -0.3 is 10.5 Å². The smallest absolute Gasteiger partial charge is 0.124 e. The Morgan fingerprint density at radius 3 is 2.60 bits per heavy atom. The van der Waals surface area contributed by atoms with Crippen molar-refractivity contribution in [2.45, 2.75) is 26.1 Å². The molecule has 0 heterocycles. The van der Waals surface area contributed by atoms with E-state index in [0.29, 0.717) is 11.0 Å². The molecule has 1 unspecified atom stereocenters. The minimum atomic E-state index is -0.272. The van der Waals surface area contributed by atoms with Crippen LogP contribution in [0.25, 0.3) is 0 Å². The summed E-state index contributed by atoms with van der Waals surface area (Å²) in [5.41, 5.74) is 6.50. The third-order valence-electron chi connectivity index (χ3n) is 1.96. The van der Waals surface area contributed by atoms with Crippen molar-refractivity contribution >= 4 is 15.9 Å². The Morgan fingerprint density at radius 2 is 2.13 bits per heavy atom. The van der Waals surface area contributed by atoms with E-state index in [4.69, 9.17) is 10.5 Å². The lowest BCUT2D eigenvalue weighted by molar-refractivity contribution is 0.0115. The van der Waals surface area contributed by atoms with Crippen molar-refractivity contribution in [1.29, 1.82) is 0 Å². The summed E-state index contributed by atoms with van der Waals surface area (Å²) in [4.78, 5) is 0. The van der Waals surface area contributed by atoms with Gasteiger partial charge in [0.1, 0.15) is 5.82 Å². The largest absolute Gasteiger partial charge is 0.370 e. The second-order valence-electron chi connectivity index (χ2n) is 3.58. The molecule has 0 fully saturated rings. The van der Waals surface area contributed by atoms with E-state index in [1.807, 2.05) is 13.8 Å². The molecule has 1 atom stereocenters. The van der Waals surface area contributed by atoms with Crippen LogP contribution in [0.3, 0.4) is 0 Å². The summed E-state index contributed by atoms with van der Waals surface area (Å²) in [6, 6.07) is 4.52. The molecule has 0 bridgehead atoms. The summed E-state index contributed by atoms with van der Waals surface area (Å²) in [5, 5.41) is 0. The Balaban J connectivity index is 2.91. The van der Waals surface area contributed by atoms with Gasteiger partial charge in [0, 0.05) is 11.0 Å². The Morgan fingerprint density at radius 1 is 1.47 bits per heavy atom. The maximum atomic E-state index is 12.9. The van der Waals surface area contributed by atoms with Crippen molar-refractivity contribution < 1.29 is 9.13 Å². The minimum absolute atomic E-state index is 0.0931. The summed E-state index contributed by atoms with van der Waals surface area (Å²) in [6.45, 7) is 4.27. The van der Waals surface area contributed by atoms with Crippen LogP contribution < -0.4 is 5.73 Å². The molecule has 0 spiro atoms. The van der Waals surface area contributed by atoms with Gasteiger partial charge >= 0.3 is 0 Å². The van der Waals surface area contributed by atoms with Gasteiger partial charge in [0.2, 0.25) is 0 Å². The fraction of sp³-hybridized carbons (Fsp3) is 0.455. The van der Waals surface area contributed by atoms with Crippen LogP contribution in [0.15, 0.2) is 22.7 Å². The van der Waals surface area contributed by atoms with Crippen LogP contribution in [0.1, 0.15) is 25.5 Å². The van der Waals surface area contributed by atoms with Gasteiger partial charge in [-0.25, -0.2) is 4.39 Å². The monoisotopic (exact) mass is 275 g/mol. The molecular formula is C11H15BrFNO. The normalized spacial score (nSPS) is 13.2. The van der Waals surface area contributed by atoms with E-state index < -0.39 is 0 Å². The van der Waals surface area contributed by atoms with E-state index in [2.05, 4.69) is 15.9 Å². The predicted octanol–water partition coefficient (Wildman–Crippen LogP) is 3.01. The SMILES string of the molecule is CC(C)OC(CN)c1ccc(F)cc1Br. The zero-order chi connectivity index (χ0) is 11.4. The fourth-order valence-corrected chi connectivity index (χ4v) is 1.95. The van der Waals surface area contributed by atoms with Crippen molar-refractivity contribution in [3.63, 3.8) is 0 Å². The maximum Gasteiger partial charge on any atom is 0.124 e. The highest BCUT2D eigenvalue weighted by atomic mass is 79.9. The third kappa shape index (κ3) is 3.55. The summed E-state index contributed by atoms with van der Waals surface area (Å²) >= 11 is 3.30. The molecule has 84 valence electrons. The van der Waals surface area contributed by atoms with Gasteiger partial charge in [0.25, 0.3) is 0 Å². The topological polar surface area (TPSA) is 35.2 Å². The van der Waals surface area contributed by atoms with Crippen LogP contribution >= 0.6 is 15.9 Å². The highest BCUT2D eigenvalue weighted by Crippen LogP contribution is 2.27. The van der Waals surface area contributed by atoms with Crippen LogP contribution in [-0.4, -0.2) is 12.6 Å². The third-order valence-corrected chi connectivity index (χ3v) is 2.65. The number of hydrogen-bond donors (Lipinski definition) is 1. The first-order chi connectivity index (χ1) is 7.04. The Hall–Kier alpha value is -0.450. The van der Waals surface area contributed by atoms with Crippen LogP contribution in [0.4, 0.5) is 4.39 Å². The predicted molar refractivity (Wildman–Crippen MR) is 62.1 cm³/mol. The summed E-state index contributed by atoms with van der Waals surface area (Å²) < 4.78 is 19.2. The molecule has 0 aliphatic rings. The maximum absolute atomic E-state index is 12.9. The molecule has 2 nitrogen and oxygen atoms in total. The molecule has 0 aliphatic carbocycles. The molecule has 4 heteroatoms. The molecule has 0 aromatic heterocycles. The van der Waals surface area contributed by atoms with Crippen LogP contribution in [0.2, 0.25) is 0 Å². The lowest BCUT2D eigenvalue weighted by Gasteiger charge is -2.20. The molecule has 1 aromatic rings. The first kappa shape index (κ1) is 12.6. The van der Waals surface area contributed by atoms with Gasteiger partial charge in [-0.3, -0.25) is 0 Å². The number of benzene rings is 1. The molecule has 0 radical (unpaired) electrons. The van der Waals surface area contributed by atoms with Gasteiger partial charge in [0.05, 0.1) is 12.2 Å². The highest BCUT2D eigenvalue weighted by molar-refractivity contribution is 9.10. The zero-order valence-corrected chi connectivity index (χ0v) is 10.4. The summed E-state index contributed by atoms with van der Waals surface area (Å²) in [5.74, 6) is -0.272. The van der Waals surface area contributed by atoms with Gasteiger partial charge in [0.15, 0.2) is 0 Å². The molecule has 1 rings (SSSR count). The van der Waals surface area contributed by atoms with Crippen molar-refractivity contribution in [3.8, 4) is 0 Å². The van der Waals surface area contributed by atoms with Gasteiger partial charge in [-0.15, -0.1) is 0 Å². The number of nitrogens with two attached hydrogens (primary N) is 1. The first-order valence-corrected chi connectivity index (χ1v) is 5.64. The van der Waals surface area contributed by atoms with Crippen molar-refractivity contribution in [3.05, 3.63) is 34.1 Å². The molecule has 0 amide bonds. The zero-order valence-electron chi connectivity index (χ0n) is 8.84. The fourth-order valence-electron chi connectivity index (χ4n) is 1.35. The molecule has 1 aromatic carbocycles. The second kappa shape index (κ2) is 5.58. The van der Waals surface area contributed by atoms with Crippen LogP contribution in [-0.2, 0) is 4.74 Å². The molecule has 0 aliphatic heterocycles. The highest BCUT2D eigenvalue weighted by Gasteiger charge is 2.15. The molecule has 0 saturated carbocycles. The number of ether oxygens (including phenoxy) is 1. The number of rotatable bonds is 4. The standard InChI is InChI=1S/C11H15BrFNO/c1-7(2)15-11(6-14)9-4-3-8(13)5-10(9)12/h3-5,7,11H,6,14H2,1-2H3. The molecule has 2 N–H and O–H groups in total. The molecule has 0 saturated heterocycles. The van der Waals surface area contributed by atoms with Crippen LogP contribution in [0.5, 0.6) is 0 Å². The average molecular weight is 276 g/mol. The van der Waals surface area contributed by atoms with Gasteiger partial charge in [-0.05, 0) is 31.5 Å². The van der Waals surface area contributed by atoms with Crippen molar-refractivity contribution in [1.82, 2.24) is 0 Å². The Labute approximate surface area is 97.7 Å². The molecule has 15 heavy (non-hydrogen) atoms. The van der Waals surface area contributed by atoms with E-state index in [1.54, 1.807) is 6.07 Å². The van der Waals surface area contributed by atoms with E-state index in [9.17, 15) is 4.39 Å². The molecular weight excluding hydrogens is 261 g/mol. The van der Waals surface area contributed by atoms with Crippen molar-refractivity contribution in [2.24, 2.45) is 5.73 Å². The van der Waals surface area contributed by atoms with Gasteiger partial charge in [-0.2, -0.15) is 0 Å².